The van der Waals surface area contributed by atoms with Crippen LogP contribution in [0.4, 0.5) is 15.8 Å². The minimum Gasteiger partial charge on any atom is -0.378 e. The number of halogens is 1. The number of nitrogens with zero attached hydrogens (tertiary/aromatic N) is 3. The van der Waals surface area contributed by atoms with Gasteiger partial charge in [-0.25, -0.2) is 4.39 Å². The fraction of sp³-hybridized carbons (Fsp3) is 0.452. The van der Waals surface area contributed by atoms with E-state index < -0.39 is 0 Å². The molecule has 1 aromatic heterocycles. The van der Waals surface area contributed by atoms with Crippen molar-refractivity contribution >= 4 is 28.6 Å². The largest absolute Gasteiger partial charge is 0.378 e. The van der Waals surface area contributed by atoms with Crippen LogP contribution in [0.2, 0.25) is 0 Å². The number of hydrogen-bond donors (Lipinski definition) is 0. The van der Waals surface area contributed by atoms with E-state index >= 15 is 4.39 Å². The van der Waals surface area contributed by atoms with Gasteiger partial charge in [0.1, 0.15) is 5.82 Å². The molecule has 7 heteroatoms. The van der Waals surface area contributed by atoms with Gasteiger partial charge in [-0.3, -0.25) is 9.69 Å². The van der Waals surface area contributed by atoms with Gasteiger partial charge in [0.15, 0.2) is 0 Å². The Labute approximate surface area is 228 Å². The summed E-state index contributed by atoms with van der Waals surface area (Å²) in [5.41, 5.74) is 3.97. The Hall–Kier alpha value is -2.74. The fourth-order valence-corrected chi connectivity index (χ4v) is 7.02. The molecule has 2 aromatic carbocycles. The maximum Gasteiger partial charge on any atom is 0.268 e. The van der Waals surface area contributed by atoms with Gasteiger partial charge in [0.25, 0.3) is 5.91 Å². The highest BCUT2D eigenvalue weighted by molar-refractivity contribution is 7.14. The Morgan fingerprint density at radius 3 is 2.37 bits per heavy atom. The Kier molecular flexibility index (Phi) is 7.25. The van der Waals surface area contributed by atoms with E-state index in [1.165, 1.54) is 22.5 Å². The lowest BCUT2D eigenvalue weighted by molar-refractivity contribution is 0.0988. The molecule has 38 heavy (non-hydrogen) atoms. The number of morpholine rings is 1. The molecular formula is C31H36FN3O2S. The molecule has 1 saturated carbocycles. The molecule has 3 fully saturated rings. The number of thiophene rings is 1. The van der Waals surface area contributed by atoms with Crippen molar-refractivity contribution in [1.29, 1.82) is 0 Å². The first kappa shape index (κ1) is 25.5. The molecule has 0 N–H and O–H groups in total. The van der Waals surface area contributed by atoms with Crippen molar-refractivity contribution in [3.8, 4) is 0 Å². The topological polar surface area (TPSA) is 36.0 Å². The number of hydrogen-bond acceptors (Lipinski definition) is 5. The summed E-state index contributed by atoms with van der Waals surface area (Å²) in [6.07, 6.45) is 1.07. The summed E-state index contributed by atoms with van der Waals surface area (Å²) in [6, 6.07) is 18.1. The van der Waals surface area contributed by atoms with Crippen LogP contribution < -0.4 is 9.80 Å². The molecule has 0 radical (unpaired) electrons. The first-order chi connectivity index (χ1) is 18.5. The Morgan fingerprint density at radius 1 is 1.03 bits per heavy atom. The van der Waals surface area contributed by atoms with Crippen molar-refractivity contribution in [2.24, 2.45) is 17.8 Å². The molecular weight excluding hydrogens is 497 g/mol. The van der Waals surface area contributed by atoms with Gasteiger partial charge in [0, 0.05) is 49.8 Å². The molecule has 1 aliphatic carbocycles. The van der Waals surface area contributed by atoms with Gasteiger partial charge < -0.3 is 14.5 Å². The third kappa shape index (κ3) is 5.24. The standard InChI is InChI=1S/C31H36FN3O2S/c1-3-22-5-7-23(8-6-22)17-33-18-25-26(19-33)27(25)20-35(31(36)30-11-4-21(2)38-30)24-9-10-29(28(32)16-24)34-12-14-37-15-13-34/h4-11,16,25-27H,3,12-15,17-20H2,1-2H3. The van der Waals surface area contributed by atoms with E-state index in [4.69, 9.17) is 4.74 Å². The second-order valence-electron chi connectivity index (χ2n) is 10.9. The number of amides is 1. The lowest BCUT2D eigenvalue weighted by Crippen LogP contribution is -2.37. The van der Waals surface area contributed by atoms with Crippen LogP contribution in [0.3, 0.4) is 0 Å². The third-order valence-electron chi connectivity index (χ3n) is 8.47. The molecule has 2 aliphatic heterocycles. The number of fused-ring (bicyclic) bond motifs is 1. The average molecular weight is 534 g/mol. The maximum absolute atomic E-state index is 15.3. The number of piperidine rings is 1. The van der Waals surface area contributed by atoms with Crippen molar-refractivity contribution in [1.82, 2.24) is 4.90 Å². The molecule has 2 saturated heterocycles. The highest BCUT2D eigenvalue weighted by Gasteiger charge is 2.56. The second kappa shape index (κ2) is 10.8. The van der Waals surface area contributed by atoms with Crippen LogP contribution in [0.25, 0.3) is 0 Å². The van der Waals surface area contributed by atoms with Crippen molar-refractivity contribution in [2.75, 3.05) is 55.7 Å². The average Bonchev–Trinajstić information content (AvgIpc) is 3.23. The number of carbonyl (C=O) groups excluding carboxylic acids is 1. The van der Waals surface area contributed by atoms with Gasteiger partial charge in [-0.1, -0.05) is 31.2 Å². The number of carbonyl (C=O) groups is 1. The van der Waals surface area contributed by atoms with Crippen molar-refractivity contribution < 1.29 is 13.9 Å². The van der Waals surface area contributed by atoms with Gasteiger partial charge in [0.05, 0.1) is 23.8 Å². The summed E-state index contributed by atoms with van der Waals surface area (Å²) < 4.78 is 20.8. The van der Waals surface area contributed by atoms with Crippen LogP contribution in [0.15, 0.2) is 54.6 Å². The lowest BCUT2D eigenvalue weighted by atomic mass is 10.1. The van der Waals surface area contributed by atoms with E-state index in [2.05, 4.69) is 36.1 Å². The van der Waals surface area contributed by atoms with Gasteiger partial charge >= 0.3 is 0 Å². The zero-order chi connectivity index (χ0) is 26.2. The van der Waals surface area contributed by atoms with Crippen LogP contribution in [0, 0.1) is 30.5 Å². The van der Waals surface area contributed by atoms with Crippen LogP contribution in [0.1, 0.15) is 32.6 Å². The minimum atomic E-state index is -0.277. The smallest absolute Gasteiger partial charge is 0.268 e. The molecule has 0 bridgehead atoms. The van der Waals surface area contributed by atoms with Crippen LogP contribution >= 0.6 is 11.3 Å². The zero-order valence-electron chi connectivity index (χ0n) is 22.2. The predicted molar refractivity (Wildman–Crippen MR) is 152 cm³/mol. The van der Waals surface area contributed by atoms with E-state index in [0.29, 0.717) is 66.9 Å². The molecule has 3 aliphatic rings. The number of likely N-dealkylation sites (tertiary alicyclic amines) is 1. The van der Waals surface area contributed by atoms with E-state index in [9.17, 15) is 4.79 Å². The minimum absolute atomic E-state index is 0.0283. The molecule has 6 rings (SSSR count). The van der Waals surface area contributed by atoms with Gasteiger partial charge in [-0.2, -0.15) is 0 Å². The molecule has 0 spiro atoms. The summed E-state index contributed by atoms with van der Waals surface area (Å²) >= 11 is 1.51. The maximum atomic E-state index is 15.3. The SMILES string of the molecule is CCc1ccc(CN2CC3C(C2)C3CN(C(=O)c2ccc(C)s2)c2ccc(N3CCOCC3)c(F)c2)cc1. The van der Waals surface area contributed by atoms with Crippen molar-refractivity contribution in [2.45, 2.75) is 26.8 Å². The first-order valence-electron chi connectivity index (χ1n) is 13.8. The number of aryl methyl sites for hydroxylation is 2. The first-order valence-corrected chi connectivity index (χ1v) is 14.6. The second-order valence-corrected chi connectivity index (χ2v) is 12.2. The summed E-state index contributed by atoms with van der Waals surface area (Å²) in [7, 11) is 0. The highest BCUT2D eigenvalue weighted by atomic mass is 32.1. The molecule has 200 valence electrons. The quantitative estimate of drug-likeness (QED) is 0.377. The highest BCUT2D eigenvalue weighted by Crippen LogP contribution is 2.52. The van der Waals surface area contributed by atoms with Gasteiger partial charge in [0.2, 0.25) is 0 Å². The van der Waals surface area contributed by atoms with Gasteiger partial charge in [-0.05, 0) is 72.6 Å². The normalized spacial score (nSPS) is 22.9. The number of anilines is 2. The van der Waals surface area contributed by atoms with Gasteiger partial charge in [-0.15, -0.1) is 11.3 Å². The Morgan fingerprint density at radius 2 is 1.74 bits per heavy atom. The number of rotatable bonds is 8. The lowest BCUT2D eigenvalue weighted by Gasteiger charge is -2.30. The molecule has 2 atom stereocenters. The monoisotopic (exact) mass is 533 g/mol. The van der Waals surface area contributed by atoms with E-state index in [-0.39, 0.29) is 11.7 Å². The summed E-state index contributed by atoms with van der Waals surface area (Å²) in [5.74, 6) is 1.35. The van der Waals surface area contributed by atoms with E-state index in [1.807, 2.05) is 41.0 Å². The van der Waals surface area contributed by atoms with Crippen LogP contribution in [-0.2, 0) is 17.7 Å². The summed E-state index contributed by atoms with van der Waals surface area (Å²) in [6.45, 7) is 10.5. The third-order valence-corrected chi connectivity index (χ3v) is 9.46. The summed E-state index contributed by atoms with van der Waals surface area (Å²) in [5, 5.41) is 0. The Balaban J connectivity index is 1.16. The van der Waals surface area contributed by atoms with E-state index in [0.717, 1.165) is 30.9 Å². The molecule has 2 unspecified atom stereocenters. The molecule has 1 amide bonds. The molecule has 5 nitrogen and oxygen atoms in total. The summed E-state index contributed by atoms with van der Waals surface area (Å²) in [4.78, 5) is 21.9. The predicted octanol–water partition coefficient (Wildman–Crippen LogP) is 5.62. The molecule has 3 heterocycles. The van der Waals surface area contributed by atoms with Crippen LogP contribution in [-0.4, -0.2) is 56.7 Å². The number of benzene rings is 2. The van der Waals surface area contributed by atoms with Crippen LogP contribution in [0.5, 0.6) is 0 Å². The van der Waals surface area contributed by atoms with E-state index in [1.54, 1.807) is 6.07 Å². The fourth-order valence-electron chi connectivity index (χ4n) is 6.20. The van der Waals surface area contributed by atoms with Crippen molar-refractivity contribution in [3.05, 3.63) is 81.3 Å². The number of ether oxygens (including phenoxy) is 1. The zero-order valence-corrected chi connectivity index (χ0v) is 23.1. The van der Waals surface area contributed by atoms with Crippen molar-refractivity contribution in [3.63, 3.8) is 0 Å². The Bertz CT molecular complexity index is 1270. The molecule has 3 aromatic rings.